The van der Waals surface area contributed by atoms with E-state index in [4.69, 9.17) is 0 Å². The summed E-state index contributed by atoms with van der Waals surface area (Å²) in [4.78, 5) is 17.3. The van der Waals surface area contributed by atoms with Gasteiger partial charge in [-0.25, -0.2) is 0 Å². The summed E-state index contributed by atoms with van der Waals surface area (Å²) >= 11 is 0. The van der Waals surface area contributed by atoms with Crippen LogP contribution in [0.3, 0.4) is 0 Å². The number of carbonyl (C=O) groups excluding carboxylic acids is 1. The third-order valence-electron chi connectivity index (χ3n) is 4.95. The lowest BCUT2D eigenvalue weighted by Crippen LogP contribution is -2.56. The summed E-state index contributed by atoms with van der Waals surface area (Å²) in [5.74, 6) is 0.239. The molecular weight excluding hydrogens is 264 g/mol. The highest BCUT2D eigenvalue weighted by molar-refractivity contribution is 5.88. The second-order valence-corrected chi connectivity index (χ2v) is 6.24. The Balaban J connectivity index is 1.44. The van der Waals surface area contributed by atoms with Gasteiger partial charge in [-0.1, -0.05) is 12.1 Å². The fourth-order valence-corrected chi connectivity index (χ4v) is 3.77. The number of para-hydroxylation sites is 2. The minimum atomic E-state index is -0.146. The molecule has 2 atom stereocenters. The van der Waals surface area contributed by atoms with Crippen LogP contribution in [-0.2, 0) is 4.79 Å². The number of carbonyl (C=O) groups is 1. The van der Waals surface area contributed by atoms with Gasteiger partial charge in [-0.2, -0.15) is 0 Å². The summed E-state index contributed by atoms with van der Waals surface area (Å²) in [7, 11) is 0. The molecule has 0 saturated carbocycles. The highest BCUT2D eigenvalue weighted by atomic mass is 16.2. The molecule has 3 aliphatic heterocycles. The molecule has 0 bridgehead atoms. The third kappa shape index (κ3) is 2.35. The zero-order valence-electron chi connectivity index (χ0n) is 12.2. The van der Waals surface area contributed by atoms with E-state index in [9.17, 15) is 4.79 Å². The molecule has 0 aromatic heterocycles. The summed E-state index contributed by atoms with van der Waals surface area (Å²) in [6.45, 7) is 4.69. The Kier molecular flexibility index (Phi) is 3.22. The van der Waals surface area contributed by atoms with Gasteiger partial charge in [0.15, 0.2) is 0 Å². The highest BCUT2D eigenvalue weighted by Crippen LogP contribution is 2.27. The van der Waals surface area contributed by atoms with Crippen molar-refractivity contribution in [1.82, 2.24) is 9.80 Å². The first-order valence-corrected chi connectivity index (χ1v) is 7.93. The Hall–Kier alpha value is -1.75. The van der Waals surface area contributed by atoms with Crippen LogP contribution in [0.15, 0.2) is 24.3 Å². The van der Waals surface area contributed by atoms with Crippen molar-refractivity contribution in [2.75, 3.05) is 43.4 Å². The van der Waals surface area contributed by atoms with Gasteiger partial charge in [0.05, 0.1) is 11.4 Å². The van der Waals surface area contributed by atoms with E-state index < -0.39 is 0 Å². The van der Waals surface area contributed by atoms with Gasteiger partial charge in [-0.15, -0.1) is 0 Å². The summed E-state index contributed by atoms with van der Waals surface area (Å²) in [5.41, 5.74) is 2.11. The topological polar surface area (TPSA) is 47.6 Å². The quantitative estimate of drug-likeness (QED) is 0.814. The molecule has 1 aromatic rings. The van der Waals surface area contributed by atoms with E-state index in [1.165, 1.54) is 19.4 Å². The van der Waals surface area contributed by atoms with Crippen LogP contribution in [0.25, 0.3) is 0 Å². The van der Waals surface area contributed by atoms with Crippen LogP contribution in [-0.4, -0.2) is 60.5 Å². The predicted octanol–water partition coefficient (Wildman–Crippen LogP) is 1.20. The van der Waals surface area contributed by atoms with Crippen LogP contribution in [0.2, 0.25) is 0 Å². The summed E-state index contributed by atoms with van der Waals surface area (Å²) in [6, 6.07) is 8.52. The van der Waals surface area contributed by atoms with E-state index in [0.717, 1.165) is 31.0 Å². The number of anilines is 2. The SMILES string of the molecule is O=C(C1CNc2ccccc2N1)N1CCN2CCCC2C1. The molecule has 0 aliphatic carbocycles. The monoisotopic (exact) mass is 286 g/mol. The van der Waals surface area contributed by atoms with Crippen LogP contribution in [0.1, 0.15) is 12.8 Å². The maximum absolute atomic E-state index is 12.8. The van der Waals surface area contributed by atoms with Crippen molar-refractivity contribution >= 4 is 17.3 Å². The smallest absolute Gasteiger partial charge is 0.247 e. The van der Waals surface area contributed by atoms with Crippen molar-refractivity contribution in [2.24, 2.45) is 0 Å². The summed E-state index contributed by atoms with van der Waals surface area (Å²) < 4.78 is 0. The standard InChI is InChI=1S/C16H22N4O/c21-16(20-9-8-19-7-3-4-12(19)11-20)15-10-17-13-5-1-2-6-14(13)18-15/h1-2,5-6,12,15,17-18H,3-4,7-11H2. The fourth-order valence-electron chi connectivity index (χ4n) is 3.77. The zero-order chi connectivity index (χ0) is 14.2. The van der Waals surface area contributed by atoms with Gasteiger partial charge >= 0.3 is 0 Å². The molecule has 2 N–H and O–H groups in total. The van der Waals surface area contributed by atoms with E-state index >= 15 is 0 Å². The number of rotatable bonds is 1. The first-order valence-electron chi connectivity index (χ1n) is 7.93. The predicted molar refractivity (Wildman–Crippen MR) is 83.5 cm³/mol. The Morgan fingerprint density at radius 3 is 2.90 bits per heavy atom. The van der Waals surface area contributed by atoms with E-state index in [1.54, 1.807) is 0 Å². The number of nitrogens with zero attached hydrogens (tertiary/aromatic N) is 2. The first kappa shape index (κ1) is 13.0. The molecule has 3 aliphatic rings. The van der Waals surface area contributed by atoms with Gasteiger partial charge in [-0.3, -0.25) is 9.69 Å². The van der Waals surface area contributed by atoms with Crippen molar-refractivity contribution in [3.8, 4) is 0 Å². The van der Waals surface area contributed by atoms with Crippen LogP contribution >= 0.6 is 0 Å². The number of benzene rings is 1. The molecule has 1 amide bonds. The molecule has 4 rings (SSSR count). The van der Waals surface area contributed by atoms with E-state index in [0.29, 0.717) is 12.6 Å². The molecule has 2 unspecified atom stereocenters. The summed E-state index contributed by atoms with van der Waals surface area (Å²) in [6.07, 6.45) is 2.52. The van der Waals surface area contributed by atoms with Crippen molar-refractivity contribution < 1.29 is 4.79 Å². The zero-order valence-corrected chi connectivity index (χ0v) is 12.2. The Morgan fingerprint density at radius 1 is 1.14 bits per heavy atom. The maximum Gasteiger partial charge on any atom is 0.247 e. The maximum atomic E-state index is 12.8. The van der Waals surface area contributed by atoms with Crippen LogP contribution in [0, 0.1) is 0 Å². The average molecular weight is 286 g/mol. The minimum Gasteiger partial charge on any atom is -0.381 e. The molecule has 1 aromatic carbocycles. The van der Waals surface area contributed by atoms with Gasteiger partial charge in [0.25, 0.3) is 0 Å². The van der Waals surface area contributed by atoms with Gasteiger partial charge < -0.3 is 15.5 Å². The molecular formula is C16H22N4O. The Labute approximate surface area is 125 Å². The lowest BCUT2D eigenvalue weighted by atomic mass is 10.1. The number of hydrogen-bond acceptors (Lipinski definition) is 4. The fraction of sp³-hybridized carbons (Fsp3) is 0.562. The number of piperazine rings is 1. The van der Waals surface area contributed by atoms with Crippen LogP contribution in [0.4, 0.5) is 11.4 Å². The van der Waals surface area contributed by atoms with Gasteiger partial charge in [0.2, 0.25) is 5.91 Å². The normalized spacial score (nSPS) is 28.3. The van der Waals surface area contributed by atoms with Crippen LogP contribution < -0.4 is 10.6 Å². The molecule has 2 saturated heterocycles. The van der Waals surface area contributed by atoms with Crippen molar-refractivity contribution in [3.05, 3.63) is 24.3 Å². The lowest BCUT2D eigenvalue weighted by Gasteiger charge is -2.40. The molecule has 3 heterocycles. The molecule has 112 valence electrons. The highest BCUT2D eigenvalue weighted by Gasteiger charge is 2.35. The van der Waals surface area contributed by atoms with Gasteiger partial charge in [0.1, 0.15) is 6.04 Å². The largest absolute Gasteiger partial charge is 0.381 e. The van der Waals surface area contributed by atoms with Gasteiger partial charge in [-0.05, 0) is 31.5 Å². The molecule has 2 fully saturated rings. The second kappa shape index (κ2) is 5.22. The number of fused-ring (bicyclic) bond motifs is 2. The molecule has 5 heteroatoms. The lowest BCUT2D eigenvalue weighted by molar-refractivity contribution is -0.134. The molecule has 5 nitrogen and oxygen atoms in total. The molecule has 0 radical (unpaired) electrons. The minimum absolute atomic E-state index is 0.146. The van der Waals surface area contributed by atoms with Crippen molar-refractivity contribution in [2.45, 2.75) is 24.9 Å². The molecule has 0 spiro atoms. The van der Waals surface area contributed by atoms with E-state index in [2.05, 4.69) is 20.4 Å². The van der Waals surface area contributed by atoms with E-state index in [-0.39, 0.29) is 11.9 Å². The van der Waals surface area contributed by atoms with Crippen LogP contribution in [0.5, 0.6) is 0 Å². The van der Waals surface area contributed by atoms with Crippen molar-refractivity contribution in [1.29, 1.82) is 0 Å². The number of nitrogens with one attached hydrogen (secondary N) is 2. The van der Waals surface area contributed by atoms with E-state index in [1.807, 2.05) is 24.3 Å². The summed E-state index contributed by atoms with van der Waals surface area (Å²) in [5, 5.41) is 6.74. The first-order chi connectivity index (χ1) is 10.3. The van der Waals surface area contributed by atoms with Crippen molar-refractivity contribution in [3.63, 3.8) is 0 Å². The van der Waals surface area contributed by atoms with Gasteiger partial charge in [0, 0.05) is 32.2 Å². The second-order valence-electron chi connectivity index (χ2n) is 6.24. The Morgan fingerprint density at radius 2 is 2.00 bits per heavy atom. The average Bonchev–Trinajstić information content (AvgIpc) is 3.01. The number of amides is 1. The molecule has 21 heavy (non-hydrogen) atoms. The Bertz CT molecular complexity index is 547. The number of hydrogen-bond donors (Lipinski definition) is 2. The third-order valence-corrected chi connectivity index (χ3v) is 4.95.